The third kappa shape index (κ3) is 4.78. The molecule has 1 rings (SSSR count). The first-order valence-corrected chi connectivity index (χ1v) is 4.94. The van der Waals surface area contributed by atoms with Gasteiger partial charge in [-0.25, -0.2) is 0 Å². The highest BCUT2D eigenvalue weighted by molar-refractivity contribution is 9.10. The predicted octanol–water partition coefficient (Wildman–Crippen LogP) is 2.18. The number of primary amides is 1. The summed E-state index contributed by atoms with van der Waals surface area (Å²) in [6, 6.07) is 3.46. The average molecular weight is 308 g/mol. The quantitative estimate of drug-likeness (QED) is 0.809. The zero-order valence-electron chi connectivity index (χ0n) is 8.14. The fourth-order valence-corrected chi connectivity index (χ4v) is 1.38. The molecule has 0 radical (unpaired) electrons. The summed E-state index contributed by atoms with van der Waals surface area (Å²) in [5, 5.41) is 0. The second-order valence-corrected chi connectivity index (χ2v) is 3.66. The summed E-state index contributed by atoms with van der Waals surface area (Å²) in [5.41, 5.74) is 5.13. The Morgan fingerprint density at radius 1 is 1.41 bits per heavy atom. The zero-order valence-corrected chi connectivity index (χ0v) is 9.72. The van der Waals surface area contributed by atoms with Crippen molar-refractivity contribution >= 4 is 21.8 Å². The second kappa shape index (κ2) is 5.10. The van der Waals surface area contributed by atoms with Crippen LogP contribution in [0, 0.1) is 11.8 Å². The van der Waals surface area contributed by atoms with E-state index in [2.05, 4.69) is 32.5 Å². The van der Waals surface area contributed by atoms with Crippen LogP contribution in [0.5, 0.6) is 5.75 Å². The van der Waals surface area contributed by atoms with Crippen LogP contribution in [-0.2, 0) is 4.79 Å². The number of carbonyl (C=O) groups excluding carboxylic acids is 1. The first-order valence-electron chi connectivity index (χ1n) is 4.15. The summed E-state index contributed by atoms with van der Waals surface area (Å²) >= 11 is 3.00. The first kappa shape index (κ1) is 13.4. The van der Waals surface area contributed by atoms with E-state index in [-0.39, 0.29) is 10.2 Å². The molecule has 1 aromatic rings. The number of halogens is 4. The van der Waals surface area contributed by atoms with Crippen LogP contribution >= 0.6 is 15.9 Å². The summed E-state index contributed by atoms with van der Waals surface area (Å²) in [4.78, 5) is 10.4. The number of carbonyl (C=O) groups is 1. The summed E-state index contributed by atoms with van der Waals surface area (Å²) in [5.74, 6) is 3.25. The highest BCUT2D eigenvalue weighted by Crippen LogP contribution is 2.27. The second-order valence-electron chi connectivity index (χ2n) is 2.80. The third-order valence-corrected chi connectivity index (χ3v) is 2.15. The van der Waals surface area contributed by atoms with Crippen LogP contribution in [0.15, 0.2) is 22.7 Å². The van der Waals surface area contributed by atoms with E-state index in [4.69, 9.17) is 5.73 Å². The lowest BCUT2D eigenvalue weighted by Gasteiger charge is -2.09. The normalized spacial score (nSPS) is 10.4. The lowest BCUT2D eigenvalue weighted by atomic mass is 10.2. The van der Waals surface area contributed by atoms with Crippen LogP contribution in [0.1, 0.15) is 5.56 Å². The Balaban J connectivity index is 2.96. The molecule has 17 heavy (non-hydrogen) atoms. The van der Waals surface area contributed by atoms with E-state index in [1.54, 1.807) is 0 Å². The number of alkyl halides is 3. The standard InChI is InChI=1S/C10H5BrF3NO2/c11-8-5-7(17-10(12,13)14)3-1-6(8)2-4-9(15)16/h1,3,5H,(H2,15,16). The molecule has 0 aliphatic heterocycles. The maximum Gasteiger partial charge on any atom is 0.573 e. The number of hydrogen-bond donors (Lipinski definition) is 1. The molecule has 90 valence electrons. The Morgan fingerprint density at radius 2 is 2.06 bits per heavy atom. The van der Waals surface area contributed by atoms with Gasteiger partial charge in [-0.15, -0.1) is 13.2 Å². The average Bonchev–Trinajstić information content (AvgIpc) is 2.13. The van der Waals surface area contributed by atoms with Gasteiger partial charge >= 0.3 is 6.36 Å². The Labute approximate surface area is 103 Å². The molecule has 0 aliphatic rings. The lowest BCUT2D eigenvalue weighted by Crippen LogP contribution is -2.17. The monoisotopic (exact) mass is 307 g/mol. The molecule has 2 N–H and O–H groups in total. The molecule has 0 aromatic heterocycles. The summed E-state index contributed by atoms with van der Waals surface area (Å²) < 4.78 is 39.7. The van der Waals surface area contributed by atoms with Gasteiger partial charge in [-0.3, -0.25) is 4.79 Å². The van der Waals surface area contributed by atoms with Crippen LogP contribution in [0.4, 0.5) is 13.2 Å². The van der Waals surface area contributed by atoms with Crippen molar-refractivity contribution in [3.63, 3.8) is 0 Å². The van der Waals surface area contributed by atoms with E-state index < -0.39 is 12.3 Å². The first-order chi connectivity index (χ1) is 7.78. The van der Waals surface area contributed by atoms with Gasteiger partial charge in [-0.05, 0) is 34.1 Å². The molecule has 0 saturated carbocycles. The molecule has 0 saturated heterocycles. The molecule has 0 spiro atoms. The van der Waals surface area contributed by atoms with Crippen molar-refractivity contribution in [2.75, 3.05) is 0 Å². The molecular formula is C10H5BrF3NO2. The van der Waals surface area contributed by atoms with Crippen molar-refractivity contribution in [1.29, 1.82) is 0 Å². The van der Waals surface area contributed by atoms with Crippen LogP contribution in [-0.4, -0.2) is 12.3 Å². The fourth-order valence-electron chi connectivity index (χ4n) is 0.923. The highest BCUT2D eigenvalue weighted by atomic mass is 79.9. The number of benzene rings is 1. The number of hydrogen-bond acceptors (Lipinski definition) is 2. The predicted molar refractivity (Wildman–Crippen MR) is 56.9 cm³/mol. The van der Waals surface area contributed by atoms with Gasteiger partial charge in [-0.1, -0.05) is 5.92 Å². The Bertz CT molecular complexity index is 502. The van der Waals surface area contributed by atoms with Crippen molar-refractivity contribution in [3.8, 4) is 17.6 Å². The van der Waals surface area contributed by atoms with Gasteiger partial charge < -0.3 is 10.5 Å². The maximum atomic E-state index is 11.9. The van der Waals surface area contributed by atoms with E-state index >= 15 is 0 Å². The summed E-state index contributed by atoms with van der Waals surface area (Å²) in [6.45, 7) is 0. The van der Waals surface area contributed by atoms with Crippen LogP contribution in [0.2, 0.25) is 0 Å². The van der Waals surface area contributed by atoms with Gasteiger partial charge in [0.05, 0.1) is 0 Å². The minimum absolute atomic E-state index is 0.271. The smallest absolute Gasteiger partial charge is 0.406 e. The van der Waals surface area contributed by atoms with Gasteiger partial charge in [0.1, 0.15) is 5.75 Å². The zero-order chi connectivity index (χ0) is 13.1. The summed E-state index contributed by atoms with van der Waals surface area (Å²) in [7, 11) is 0. The minimum atomic E-state index is -4.75. The minimum Gasteiger partial charge on any atom is -0.406 e. The van der Waals surface area contributed by atoms with E-state index in [0.29, 0.717) is 5.56 Å². The number of nitrogens with two attached hydrogens (primary N) is 1. The molecule has 0 atom stereocenters. The Hall–Kier alpha value is -1.68. The Morgan fingerprint density at radius 3 is 2.53 bits per heavy atom. The van der Waals surface area contributed by atoms with Gasteiger partial charge in [0, 0.05) is 16.0 Å². The van der Waals surface area contributed by atoms with Crippen molar-refractivity contribution in [1.82, 2.24) is 0 Å². The molecule has 7 heteroatoms. The molecule has 0 fully saturated rings. The number of ether oxygens (including phenoxy) is 1. The molecule has 3 nitrogen and oxygen atoms in total. The van der Waals surface area contributed by atoms with Crippen molar-refractivity contribution in [2.24, 2.45) is 5.73 Å². The third-order valence-electron chi connectivity index (χ3n) is 1.49. The molecule has 1 amide bonds. The molecule has 1 aromatic carbocycles. The number of amides is 1. The number of rotatable bonds is 1. The van der Waals surface area contributed by atoms with Crippen molar-refractivity contribution < 1.29 is 22.7 Å². The molecule has 0 bridgehead atoms. The fraction of sp³-hybridized carbons (Fsp3) is 0.100. The van der Waals surface area contributed by atoms with E-state index in [1.807, 2.05) is 0 Å². The van der Waals surface area contributed by atoms with Crippen LogP contribution in [0.3, 0.4) is 0 Å². The lowest BCUT2D eigenvalue weighted by molar-refractivity contribution is -0.274. The largest absolute Gasteiger partial charge is 0.573 e. The van der Waals surface area contributed by atoms with Crippen molar-refractivity contribution in [2.45, 2.75) is 6.36 Å². The van der Waals surface area contributed by atoms with Gasteiger partial charge in [0.15, 0.2) is 0 Å². The molecule has 0 aliphatic carbocycles. The molecule has 0 heterocycles. The SMILES string of the molecule is NC(=O)C#Cc1ccc(OC(F)(F)F)cc1Br. The molecule has 0 unspecified atom stereocenters. The van der Waals surface area contributed by atoms with Gasteiger partial charge in [0.2, 0.25) is 0 Å². The van der Waals surface area contributed by atoms with E-state index in [1.165, 1.54) is 6.07 Å². The maximum absolute atomic E-state index is 11.9. The van der Waals surface area contributed by atoms with Crippen molar-refractivity contribution in [3.05, 3.63) is 28.2 Å². The van der Waals surface area contributed by atoms with Crippen LogP contribution < -0.4 is 10.5 Å². The van der Waals surface area contributed by atoms with E-state index in [9.17, 15) is 18.0 Å². The van der Waals surface area contributed by atoms with Gasteiger partial charge in [0.25, 0.3) is 5.91 Å². The van der Waals surface area contributed by atoms with E-state index in [0.717, 1.165) is 12.1 Å². The molecular weight excluding hydrogens is 303 g/mol. The van der Waals surface area contributed by atoms with Crippen LogP contribution in [0.25, 0.3) is 0 Å². The highest BCUT2D eigenvalue weighted by Gasteiger charge is 2.31. The Kier molecular flexibility index (Phi) is 4.02. The van der Waals surface area contributed by atoms with Gasteiger partial charge in [-0.2, -0.15) is 0 Å². The topological polar surface area (TPSA) is 52.3 Å². The summed E-state index contributed by atoms with van der Waals surface area (Å²) in [6.07, 6.45) is -4.75.